The first-order valence-electron chi connectivity index (χ1n) is 6.91. The van der Waals surface area contributed by atoms with Gasteiger partial charge in [0, 0.05) is 13.0 Å². The van der Waals surface area contributed by atoms with Gasteiger partial charge in [0.1, 0.15) is 0 Å². The second-order valence-corrected chi connectivity index (χ2v) is 7.13. The Kier molecular flexibility index (Phi) is 4.27. The van der Waals surface area contributed by atoms with E-state index in [9.17, 15) is 4.79 Å². The lowest BCUT2D eigenvalue weighted by molar-refractivity contribution is -0.126. The summed E-state index contributed by atoms with van der Waals surface area (Å²) in [6.45, 7) is 11.8. The second kappa shape index (κ2) is 4.99. The normalized spacial score (nSPS) is 26.7. The molecule has 0 atom stereocenters. The van der Waals surface area contributed by atoms with E-state index in [0.717, 1.165) is 18.8 Å². The average molecular weight is 239 g/mol. The van der Waals surface area contributed by atoms with Crippen LogP contribution in [0.4, 0.5) is 0 Å². The molecule has 100 valence electrons. The molecule has 17 heavy (non-hydrogen) atoms. The maximum absolute atomic E-state index is 11.6. The number of amides is 1. The van der Waals surface area contributed by atoms with Gasteiger partial charge in [-0.15, -0.1) is 0 Å². The third-order valence-electron chi connectivity index (χ3n) is 5.30. The summed E-state index contributed by atoms with van der Waals surface area (Å²) in [6.07, 6.45) is 4.51. The predicted octanol–water partition coefficient (Wildman–Crippen LogP) is 3.61. The van der Waals surface area contributed by atoms with Crippen LogP contribution in [0.25, 0.3) is 0 Å². The van der Waals surface area contributed by atoms with Crippen LogP contribution in [0, 0.1) is 22.7 Å². The van der Waals surface area contributed by atoms with E-state index < -0.39 is 0 Å². The molecular weight excluding hydrogens is 210 g/mol. The van der Waals surface area contributed by atoms with E-state index in [2.05, 4.69) is 39.9 Å². The quantitative estimate of drug-likeness (QED) is 0.783. The summed E-state index contributed by atoms with van der Waals surface area (Å²) in [5.74, 6) is 1.24. The van der Waals surface area contributed by atoms with Gasteiger partial charge in [-0.2, -0.15) is 0 Å². The van der Waals surface area contributed by atoms with Crippen molar-refractivity contribution in [2.45, 2.75) is 60.3 Å². The van der Waals surface area contributed by atoms with Crippen molar-refractivity contribution < 1.29 is 4.79 Å². The largest absolute Gasteiger partial charge is 0.359 e. The van der Waals surface area contributed by atoms with Crippen LogP contribution in [0.1, 0.15) is 60.3 Å². The molecule has 1 fully saturated rings. The van der Waals surface area contributed by atoms with Crippen LogP contribution in [0.15, 0.2) is 0 Å². The molecule has 0 aromatic rings. The first kappa shape index (κ1) is 14.5. The Bertz CT molecular complexity index is 267. The molecule has 1 aliphatic rings. The molecule has 0 aliphatic heterocycles. The van der Waals surface area contributed by atoms with Gasteiger partial charge in [0.25, 0.3) is 0 Å². The Balaban J connectivity index is 2.61. The topological polar surface area (TPSA) is 29.1 Å². The van der Waals surface area contributed by atoms with Gasteiger partial charge in [0.05, 0.1) is 0 Å². The van der Waals surface area contributed by atoms with Gasteiger partial charge >= 0.3 is 0 Å². The number of nitrogens with one attached hydrogen (secondary N) is 1. The molecule has 1 aliphatic carbocycles. The van der Waals surface area contributed by atoms with Crippen LogP contribution in [-0.2, 0) is 4.79 Å². The lowest BCUT2D eigenvalue weighted by atomic mass is 9.58. The molecule has 1 saturated carbocycles. The van der Waals surface area contributed by atoms with E-state index in [-0.39, 0.29) is 11.8 Å². The molecule has 1 rings (SSSR count). The van der Waals surface area contributed by atoms with Crippen LogP contribution < -0.4 is 5.32 Å². The smallest absolute Gasteiger partial charge is 0.222 e. The minimum Gasteiger partial charge on any atom is -0.359 e. The van der Waals surface area contributed by atoms with Crippen molar-refractivity contribution in [3.8, 4) is 0 Å². The molecular formula is C15H29NO. The number of hydrogen-bond acceptors (Lipinski definition) is 1. The van der Waals surface area contributed by atoms with Gasteiger partial charge < -0.3 is 5.32 Å². The Labute approximate surface area is 107 Å². The molecule has 0 aromatic carbocycles. The van der Waals surface area contributed by atoms with E-state index in [4.69, 9.17) is 0 Å². The zero-order valence-corrected chi connectivity index (χ0v) is 12.4. The SMILES string of the molecule is CNC(=O)C1CCC(C(C)(C)C(C)(C)C)CC1. The van der Waals surface area contributed by atoms with Gasteiger partial charge in [-0.1, -0.05) is 34.6 Å². The molecule has 2 heteroatoms. The Morgan fingerprint density at radius 2 is 1.47 bits per heavy atom. The van der Waals surface area contributed by atoms with Crippen molar-refractivity contribution in [1.29, 1.82) is 0 Å². The predicted molar refractivity (Wildman–Crippen MR) is 72.8 cm³/mol. The van der Waals surface area contributed by atoms with Crippen molar-refractivity contribution >= 4 is 5.91 Å². The van der Waals surface area contributed by atoms with Crippen LogP contribution in [0.2, 0.25) is 0 Å². The van der Waals surface area contributed by atoms with Crippen molar-refractivity contribution in [3.05, 3.63) is 0 Å². The Hall–Kier alpha value is -0.530. The van der Waals surface area contributed by atoms with Crippen LogP contribution in [-0.4, -0.2) is 13.0 Å². The van der Waals surface area contributed by atoms with E-state index >= 15 is 0 Å². The highest BCUT2D eigenvalue weighted by atomic mass is 16.1. The monoisotopic (exact) mass is 239 g/mol. The van der Waals surface area contributed by atoms with E-state index in [1.165, 1.54) is 12.8 Å². The maximum Gasteiger partial charge on any atom is 0.222 e. The molecule has 2 nitrogen and oxygen atoms in total. The second-order valence-electron chi connectivity index (χ2n) is 7.13. The molecule has 0 aromatic heterocycles. The molecule has 1 N–H and O–H groups in total. The van der Waals surface area contributed by atoms with Gasteiger partial charge in [0.15, 0.2) is 0 Å². The lowest BCUT2D eigenvalue weighted by Crippen LogP contribution is -2.40. The van der Waals surface area contributed by atoms with Crippen molar-refractivity contribution in [2.75, 3.05) is 7.05 Å². The minimum atomic E-state index is 0.233. The molecule has 0 bridgehead atoms. The van der Waals surface area contributed by atoms with Gasteiger partial charge in [0.2, 0.25) is 5.91 Å². The molecule has 0 spiro atoms. The standard InChI is InChI=1S/C15H29NO/c1-14(2,3)15(4,5)12-9-7-11(8-10-12)13(17)16-6/h11-12H,7-10H2,1-6H3,(H,16,17). The average Bonchev–Trinajstić information content (AvgIpc) is 2.26. The van der Waals surface area contributed by atoms with Crippen molar-refractivity contribution in [3.63, 3.8) is 0 Å². The van der Waals surface area contributed by atoms with Gasteiger partial charge in [-0.05, 0) is 42.4 Å². The summed E-state index contributed by atoms with van der Waals surface area (Å²) in [7, 11) is 1.74. The lowest BCUT2D eigenvalue weighted by Gasteiger charge is -2.47. The van der Waals surface area contributed by atoms with E-state index in [1.54, 1.807) is 7.05 Å². The third kappa shape index (κ3) is 3.02. The van der Waals surface area contributed by atoms with E-state index in [0.29, 0.717) is 10.8 Å². The Morgan fingerprint density at radius 3 is 1.82 bits per heavy atom. The maximum atomic E-state index is 11.6. The summed E-state index contributed by atoms with van der Waals surface area (Å²) < 4.78 is 0. The highest BCUT2D eigenvalue weighted by molar-refractivity contribution is 5.78. The fourth-order valence-corrected chi connectivity index (χ4v) is 2.89. The molecule has 0 heterocycles. The fraction of sp³-hybridized carbons (Fsp3) is 0.933. The number of hydrogen-bond donors (Lipinski definition) is 1. The first-order chi connectivity index (χ1) is 7.70. The van der Waals surface area contributed by atoms with Crippen LogP contribution in [0.3, 0.4) is 0 Å². The minimum absolute atomic E-state index is 0.233. The fourth-order valence-electron chi connectivity index (χ4n) is 2.89. The highest BCUT2D eigenvalue weighted by Crippen LogP contribution is 2.50. The zero-order valence-electron chi connectivity index (χ0n) is 12.4. The van der Waals surface area contributed by atoms with Crippen molar-refractivity contribution in [1.82, 2.24) is 5.32 Å². The van der Waals surface area contributed by atoms with Crippen molar-refractivity contribution in [2.24, 2.45) is 22.7 Å². The number of carbonyl (C=O) groups excluding carboxylic acids is 1. The molecule has 1 amide bonds. The summed E-state index contributed by atoms with van der Waals surface area (Å²) in [6, 6.07) is 0. The van der Waals surface area contributed by atoms with Crippen LogP contribution in [0.5, 0.6) is 0 Å². The zero-order chi connectivity index (χ0) is 13.3. The van der Waals surface area contributed by atoms with E-state index in [1.807, 2.05) is 0 Å². The van der Waals surface area contributed by atoms with Gasteiger partial charge in [-0.25, -0.2) is 0 Å². The Morgan fingerprint density at radius 1 is 1.00 bits per heavy atom. The van der Waals surface area contributed by atoms with Gasteiger partial charge in [-0.3, -0.25) is 4.79 Å². The first-order valence-corrected chi connectivity index (χ1v) is 6.91. The van der Waals surface area contributed by atoms with Crippen LogP contribution >= 0.6 is 0 Å². The molecule has 0 saturated heterocycles. The molecule has 0 radical (unpaired) electrons. The summed E-state index contributed by atoms with van der Waals surface area (Å²) in [5, 5.41) is 2.78. The third-order valence-corrected chi connectivity index (χ3v) is 5.30. The number of rotatable bonds is 2. The molecule has 0 unspecified atom stereocenters. The summed E-state index contributed by atoms with van der Waals surface area (Å²) >= 11 is 0. The summed E-state index contributed by atoms with van der Waals surface area (Å²) in [4.78, 5) is 11.6. The number of carbonyl (C=O) groups is 1. The summed E-state index contributed by atoms with van der Waals surface area (Å²) in [5.41, 5.74) is 0.679. The highest BCUT2D eigenvalue weighted by Gasteiger charge is 2.41.